The number of hydrogen-bond acceptors (Lipinski definition) is 5. The molecule has 7 nitrogen and oxygen atoms in total. The Kier molecular flexibility index (Phi) is 4.11. The molecule has 0 radical (unpaired) electrons. The number of amides is 2. The van der Waals surface area contributed by atoms with Gasteiger partial charge < -0.3 is 0 Å². The van der Waals surface area contributed by atoms with Gasteiger partial charge in [0, 0.05) is 11.6 Å². The Bertz CT molecular complexity index is 1750. The van der Waals surface area contributed by atoms with Gasteiger partial charge in [-0.25, -0.2) is 9.88 Å². The number of rotatable bonds is 1. The number of hydrogen-bond donors (Lipinski definition) is 0. The minimum atomic E-state index is -1.02. The number of halogens is 1. The van der Waals surface area contributed by atoms with Gasteiger partial charge in [0.2, 0.25) is 11.8 Å². The molecule has 1 aromatic heterocycles. The van der Waals surface area contributed by atoms with Gasteiger partial charge in [-0.1, -0.05) is 54.1 Å². The van der Waals surface area contributed by atoms with Crippen LogP contribution in [0.2, 0.25) is 5.02 Å². The van der Waals surface area contributed by atoms with Crippen LogP contribution in [0.5, 0.6) is 0 Å². The molecule has 37 heavy (non-hydrogen) atoms. The summed E-state index contributed by atoms with van der Waals surface area (Å²) in [6, 6.07) is 21.9. The van der Waals surface area contributed by atoms with Crippen LogP contribution in [0.3, 0.4) is 0 Å². The first kappa shape index (κ1) is 21.3. The SMILES string of the molecule is O=C1[C@H]2C3CCCN3C3(c4ccccc4-n4c3nc3ccccc3c4=O)[C@H]2C(=O)N1c1ccccc1Cl. The number of imide groups is 1. The molecule has 8 rings (SSSR count). The molecule has 3 saturated heterocycles. The molecule has 4 aliphatic rings. The molecule has 1 spiro atoms. The third kappa shape index (κ3) is 2.37. The third-order valence-electron chi connectivity index (χ3n) is 8.73. The first-order valence-corrected chi connectivity index (χ1v) is 12.9. The Morgan fingerprint density at radius 1 is 0.865 bits per heavy atom. The Hall–Kier alpha value is -3.81. The van der Waals surface area contributed by atoms with E-state index in [1.165, 1.54) is 4.90 Å². The second-order valence-corrected chi connectivity index (χ2v) is 10.7. The summed E-state index contributed by atoms with van der Waals surface area (Å²) in [5, 5.41) is 0.881. The average molecular weight is 509 g/mol. The quantitative estimate of drug-likeness (QED) is 0.365. The Morgan fingerprint density at radius 2 is 1.59 bits per heavy atom. The summed E-state index contributed by atoms with van der Waals surface area (Å²) in [6.45, 7) is 0.724. The van der Waals surface area contributed by atoms with Crippen molar-refractivity contribution in [1.82, 2.24) is 14.5 Å². The predicted octanol–water partition coefficient (Wildman–Crippen LogP) is 3.88. The lowest BCUT2D eigenvalue weighted by Gasteiger charge is -2.38. The number of nitrogens with zero attached hydrogens (tertiary/aromatic N) is 4. The van der Waals surface area contributed by atoms with Crippen LogP contribution < -0.4 is 10.5 Å². The van der Waals surface area contributed by atoms with E-state index in [9.17, 15) is 14.4 Å². The first-order chi connectivity index (χ1) is 18.0. The summed E-state index contributed by atoms with van der Waals surface area (Å²) in [5.74, 6) is -1.25. The van der Waals surface area contributed by atoms with Crippen molar-refractivity contribution in [2.75, 3.05) is 11.4 Å². The summed E-state index contributed by atoms with van der Waals surface area (Å²) < 4.78 is 1.67. The molecule has 4 aromatic rings. The fourth-order valence-corrected chi connectivity index (χ4v) is 7.70. The molecule has 3 aromatic carbocycles. The molecule has 2 unspecified atom stereocenters. The van der Waals surface area contributed by atoms with Crippen molar-refractivity contribution in [1.29, 1.82) is 0 Å². The standard InChI is InChI=1S/C29H21ClN4O3/c30-18-10-3-6-13-21(18)33-26(36)23-22-14-7-15-32(22)29(24(23)27(33)37)17-9-2-5-12-20(17)34-25(35)16-8-1-4-11-19(16)31-28(29)34/h1-6,8-13,22-24H,7,14-15H2/t22?,23-,24+,29?/m0/s1. The smallest absolute Gasteiger partial charge is 0.266 e. The lowest BCUT2D eigenvalue weighted by Crippen LogP contribution is -2.51. The van der Waals surface area contributed by atoms with Crippen LogP contribution >= 0.6 is 11.6 Å². The molecule has 0 bridgehead atoms. The summed E-state index contributed by atoms with van der Waals surface area (Å²) in [4.78, 5) is 51.0. The van der Waals surface area contributed by atoms with Crippen LogP contribution in [0.25, 0.3) is 16.6 Å². The Labute approximate surface area is 216 Å². The van der Waals surface area contributed by atoms with E-state index in [0.29, 0.717) is 27.4 Å². The van der Waals surface area contributed by atoms with E-state index in [2.05, 4.69) is 4.90 Å². The zero-order chi connectivity index (χ0) is 25.1. The molecule has 8 heteroatoms. The van der Waals surface area contributed by atoms with Gasteiger partial charge >= 0.3 is 0 Å². The van der Waals surface area contributed by atoms with Crippen molar-refractivity contribution >= 4 is 40.0 Å². The summed E-state index contributed by atoms with van der Waals surface area (Å²) >= 11 is 6.49. The normalized spacial score (nSPS) is 27.7. The lowest BCUT2D eigenvalue weighted by atomic mass is 9.75. The molecule has 5 heterocycles. The van der Waals surface area contributed by atoms with Crippen LogP contribution in [-0.4, -0.2) is 38.9 Å². The lowest BCUT2D eigenvalue weighted by molar-refractivity contribution is -0.124. The number of carbonyl (C=O) groups excluding carboxylic acids is 2. The summed E-state index contributed by atoms with van der Waals surface area (Å²) in [5.41, 5.74) is 1.39. The van der Waals surface area contributed by atoms with Gasteiger partial charge in [-0.2, -0.15) is 0 Å². The fourth-order valence-electron chi connectivity index (χ4n) is 7.48. The molecule has 0 N–H and O–H groups in total. The van der Waals surface area contributed by atoms with Crippen LogP contribution in [0, 0.1) is 11.8 Å². The van der Waals surface area contributed by atoms with Crippen molar-refractivity contribution in [2.24, 2.45) is 11.8 Å². The highest BCUT2D eigenvalue weighted by Gasteiger charge is 2.73. The van der Waals surface area contributed by atoms with Crippen molar-refractivity contribution in [2.45, 2.75) is 24.4 Å². The Morgan fingerprint density at radius 3 is 2.43 bits per heavy atom. The zero-order valence-corrected chi connectivity index (χ0v) is 20.4. The third-order valence-corrected chi connectivity index (χ3v) is 9.05. The number of anilines is 1. The first-order valence-electron chi connectivity index (χ1n) is 12.6. The van der Waals surface area contributed by atoms with Gasteiger partial charge in [0.15, 0.2) is 0 Å². The van der Waals surface area contributed by atoms with E-state index in [0.717, 1.165) is 30.6 Å². The highest BCUT2D eigenvalue weighted by Crippen LogP contribution is 2.62. The van der Waals surface area contributed by atoms with Gasteiger partial charge in [-0.3, -0.25) is 23.9 Å². The molecule has 2 amide bonds. The maximum absolute atomic E-state index is 14.4. The largest absolute Gasteiger partial charge is 0.283 e. The van der Waals surface area contributed by atoms with E-state index in [1.807, 2.05) is 42.5 Å². The van der Waals surface area contributed by atoms with Crippen LogP contribution in [-0.2, 0) is 15.1 Å². The van der Waals surface area contributed by atoms with Gasteiger partial charge in [0.25, 0.3) is 5.56 Å². The summed E-state index contributed by atoms with van der Waals surface area (Å²) in [7, 11) is 0. The second-order valence-electron chi connectivity index (χ2n) is 10.2. The highest BCUT2D eigenvalue weighted by atomic mass is 35.5. The minimum absolute atomic E-state index is 0.128. The van der Waals surface area contributed by atoms with E-state index >= 15 is 0 Å². The van der Waals surface area contributed by atoms with Crippen LogP contribution in [0.15, 0.2) is 77.6 Å². The van der Waals surface area contributed by atoms with E-state index in [-0.39, 0.29) is 23.4 Å². The molecule has 0 aliphatic carbocycles. The zero-order valence-electron chi connectivity index (χ0n) is 19.7. The molecule has 182 valence electrons. The average Bonchev–Trinajstić information content (AvgIpc) is 3.62. The topological polar surface area (TPSA) is 75.5 Å². The number of para-hydroxylation sites is 3. The Balaban J connectivity index is 1.46. The van der Waals surface area contributed by atoms with E-state index in [1.54, 1.807) is 34.9 Å². The number of carbonyl (C=O) groups is 2. The van der Waals surface area contributed by atoms with Gasteiger partial charge in [0.05, 0.1) is 39.1 Å². The molecule has 4 atom stereocenters. The molecule has 0 saturated carbocycles. The maximum atomic E-state index is 14.4. The van der Waals surface area contributed by atoms with Crippen LogP contribution in [0.4, 0.5) is 5.69 Å². The number of fused-ring (bicyclic) bond motifs is 11. The molecular formula is C29H21ClN4O3. The molecule has 4 aliphatic heterocycles. The van der Waals surface area contributed by atoms with E-state index in [4.69, 9.17) is 16.6 Å². The second kappa shape index (κ2) is 7.15. The fraction of sp³-hybridized carbons (Fsp3) is 0.241. The minimum Gasteiger partial charge on any atom is -0.283 e. The number of aromatic nitrogens is 2. The van der Waals surface area contributed by atoms with Crippen LogP contribution in [0.1, 0.15) is 24.2 Å². The molecule has 3 fully saturated rings. The van der Waals surface area contributed by atoms with Gasteiger partial charge in [0.1, 0.15) is 11.4 Å². The predicted molar refractivity (Wildman–Crippen MR) is 139 cm³/mol. The molecular weight excluding hydrogens is 488 g/mol. The number of benzene rings is 3. The van der Waals surface area contributed by atoms with Crippen molar-refractivity contribution < 1.29 is 9.59 Å². The maximum Gasteiger partial charge on any atom is 0.266 e. The van der Waals surface area contributed by atoms with Crippen molar-refractivity contribution in [3.8, 4) is 5.69 Å². The van der Waals surface area contributed by atoms with Gasteiger partial charge in [-0.15, -0.1) is 0 Å². The van der Waals surface area contributed by atoms with Crippen molar-refractivity contribution in [3.63, 3.8) is 0 Å². The summed E-state index contributed by atoms with van der Waals surface area (Å²) in [6.07, 6.45) is 1.71. The van der Waals surface area contributed by atoms with Gasteiger partial charge in [-0.05, 0) is 49.7 Å². The highest BCUT2D eigenvalue weighted by molar-refractivity contribution is 6.36. The van der Waals surface area contributed by atoms with E-state index < -0.39 is 17.4 Å². The monoisotopic (exact) mass is 508 g/mol. The van der Waals surface area contributed by atoms with Crippen molar-refractivity contribution in [3.05, 3.63) is 99.6 Å².